The van der Waals surface area contributed by atoms with Gasteiger partial charge in [-0.1, -0.05) is 12.1 Å². The Hall–Kier alpha value is -3.31. The number of fused-ring (bicyclic) bond motifs is 1. The van der Waals surface area contributed by atoms with Gasteiger partial charge in [0.2, 0.25) is 0 Å². The van der Waals surface area contributed by atoms with Gasteiger partial charge in [0.05, 0.1) is 35.4 Å². The van der Waals surface area contributed by atoms with Gasteiger partial charge in [-0.25, -0.2) is 9.67 Å². The zero-order chi connectivity index (χ0) is 17.2. The first-order valence-corrected chi connectivity index (χ1v) is 8.31. The normalized spacial score (nSPS) is 10.7. The van der Waals surface area contributed by atoms with Gasteiger partial charge in [-0.15, -0.1) is 0 Å². The fourth-order valence-electron chi connectivity index (χ4n) is 2.50. The molecule has 1 aromatic carbocycles. The monoisotopic (exact) mass is 347 g/mol. The first-order valence-electron chi connectivity index (χ1n) is 7.49. The van der Waals surface area contributed by atoms with E-state index < -0.39 is 0 Å². The predicted octanol–water partition coefficient (Wildman–Crippen LogP) is 3.14. The van der Waals surface area contributed by atoms with Crippen LogP contribution in [0, 0.1) is 11.3 Å². The Morgan fingerprint density at radius 3 is 2.80 bits per heavy atom. The molecule has 0 unspecified atom stereocenters. The minimum absolute atomic E-state index is 0.506. The molecular weight excluding hydrogens is 334 g/mol. The molecule has 3 heterocycles. The lowest BCUT2D eigenvalue weighted by Gasteiger charge is -2.08. The molecule has 0 aliphatic carbocycles. The number of aromatic nitrogens is 5. The quantitative estimate of drug-likeness (QED) is 0.571. The highest BCUT2D eigenvalue weighted by Crippen LogP contribution is 2.27. The van der Waals surface area contributed by atoms with Crippen LogP contribution in [-0.4, -0.2) is 24.5 Å². The topological polar surface area (TPSA) is 84.4 Å². The third-order valence-electron chi connectivity index (χ3n) is 3.71. The van der Waals surface area contributed by atoms with E-state index in [2.05, 4.69) is 26.0 Å². The van der Waals surface area contributed by atoms with Gasteiger partial charge >= 0.3 is 0 Å². The number of anilines is 1. The van der Waals surface area contributed by atoms with Crippen LogP contribution < -0.4 is 4.72 Å². The van der Waals surface area contributed by atoms with Crippen molar-refractivity contribution in [3.63, 3.8) is 0 Å². The van der Waals surface area contributed by atoms with E-state index in [1.54, 1.807) is 17.1 Å². The SMILES string of the molecule is Cn1ncc2cccc(NSc3ccc(-n4cc(C#N)cn4)nc3)c21. The number of benzene rings is 1. The number of hydrogen-bond donors (Lipinski definition) is 1. The molecule has 0 fully saturated rings. The zero-order valence-corrected chi connectivity index (χ0v) is 14.1. The Kier molecular flexibility index (Phi) is 3.84. The fourth-order valence-corrected chi connectivity index (χ4v) is 3.14. The zero-order valence-electron chi connectivity index (χ0n) is 13.3. The average molecular weight is 347 g/mol. The maximum Gasteiger partial charge on any atom is 0.153 e. The molecule has 0 atom stereocenters. The first-order chi connectivity index (χ1) is 12.2. The summed E-state index contributed by atoms with van der Waals surface area (Å²) in [6, 6.07) is 11.9. The summed E-state index contributed by atoms with van der Waals surface area (Å²) in [4.78, 5) is 5.36. The highest BCUT2D eigenvalue weighted by Gasteiger charge is 2.06. The summed E-state index contributed by atoms with van der Waals surface area (Å²) < 4.78 is 6.79. The molecule has 4 aromatic rings. The molecule has 3 aromatic heterocycles. The molecular formula is C17H13N7S. The average Bonchev–Trinajstić information content (AvgIpc) is 3.28. The maximum absolute atomic E-state index is 8.86. The van der Waals surface area contributed by atoms with Crippen LogP contribution in [0.2, 0.25) is 0 Å². The number of nitrogens with zero attached hydrogens (tertiary/aromatic N) is 6. The second-order valence-electron chi connectivity index (χ2n) is 5.35. The summed E-state index contributed by atoms with van der Waals surface area (Å²) in [5.41, 5.74) is 2.56. The van der Waals surface area contributed by atoms with Gasteiger partial charge in [0, 0.05) is 23.5 Å². The molecule has 0 aliphatic heterocycles. The summed E-state index contributed by atoms with van der Waals surface area (Å²) >= 11 is 1.48. The third kappa shape index (κ3) is 2.93. The molecule has 1 N–H and O–H groups in total. The molecule has 0 spiro atoms. The number of aryl methyl sites for hydroxylation is 1. The van der Waals surface area contributed by atoms with E-state index >= 15 is 0 Å². The number of pyridine rings is 1. The van der Waals surface area contributed by atoms with E-state index in [0.717, 1.165) is 21.5 Å². The summed E-state index contributed by atoms with van der Waals surface area (Å²) in [7, 11) is 1.92. The molecule has 8 heteroatoms. The lowest BCUT2D eigenvalue weighted by Crippen LogP contribution is -1.98. The van der Waals surface area contributed by atoms with Crippen molar-refractivity contribution < 1.29 is 0 Å². The van der Waals surface area contributed by atoms with Gasteiger partial charge in [-0.2, -0.15) is 15.5 Å². The van der Waals surface area contributed by atoms with Crippen LogP contribution in [0.15, 0.2) is 60.0 Å². The summed E-state index contributed by atoms with van der Waals surface area (Å²) in [6.45, 7) is 0. The minimum Gasteiger partial charge on any atom is -0.324 e. The molecule has 25 heavy (non-hydrogen) atoms. The Labute approximate surface area is 148 Å². The van der Waals surface area contributed by atoms with Gasteiger partial charge < -0.3 is 4.72 Å². The second-order valence-corrected chi connectivity index (χ2v) is 6.23. The molecule has 4 rings (SSSR count). The summed E-state index contributed by atoms with van der Waals surface area (Å²) in [6.07, 6.45) is 6.78. The van der Waals surface area contributed by atoms with E-state index in [0.29, 0.717) is 11.4 Å². The van der Waals surface area contributed by atoms with Crippen LogP contribution in [-0.2, 0) is 7.05 Å². The van der Waals surface area contributed by atoms with E-state index in [1.807, 2.05) is 48.3 Å². The van der Waals surface area contributed by atoms with Gasteiger partial charge in [-0.05, 0) is 30.1 Å². The largest absolute Gasteiger partial charge is 0.324 e. The standard InChI is InChI=1S/C17H13N7S/c1-23-17-13(9-20-23)3-2-4-15(17)22-25-14-5-6-16(19-10-14)24-11-12(7-18)8-21-24/h2-6,8-11,22H,1H3. The van der Waals surface area contributed by atoms with Crippen LogP contribution in [0.4, 0.5) is 5.69 Å². The predicted molar refractivity (Wildman–Crippen MR) is 96.3 cm³/mol. The smallest absolute Gasteiger partial charge is 0.153 e. The van der Waals surface area contributed by atoms with E-state index in [9.17, 15) is 0 Å². The minimum atomic E-state index is 0.506. The van der Waals surface area contributed by atoms with Crippen molar-refractivity contribution in [3.8, 4) is 11.9 Å². The highest BCUT2D eigenvalue weighted by molar-refractivity contribution is 8.00. The number of rotatable bonds is 4. The van der Waals surface area contributed by atoms with Crippen molar-refractivity contribution in [2.24, 2.45) is 7.05 Å². The highest BCUT2D eigenvalue weighted by atomic mass is 32.2. The van der Waals surface area contributed by atoms with Crippen molar-refractivity contribution in [2.75, 3.05) is 4.72 Å². The molecule has 7 nitrogen and oxygen atoms in total. The van der Waals surface area contributed by atoms with Gasteiger partial charge in [0.25, 0.3) is 0 Å². The van der Waals surface area contributed by atoms with Gasteiger partial charge in [0.15, 0.2) is 5.82 Å². The van der Waals surface area contributed by atoms with Crippen LogP contribution >= 0.6 is 11.9 Å². The Balaban J connectivity index is 1.51. The van der Waals surface area contributed by atoms with Crippen molar-refractivity contribution in [1.29, 1.82) is 5.26 Å². The molecule has 0 radical (unpaired) electrons. The first kappa shape index (κ1) is 15.2. The van der Waals surface area contributed by atoms with Gasteiger partial charge in [-0.3, -0.25) is 4.68 Å². The number of hydrogen-bond acceptors (Lipinski definition) is 6. The van der Waals surface area contributed by atoms with Crippen molar-refractivity contribution in [1.82, 2.24) is 24.5 Å². The van der Waals surface area contributed by atoms with E-state index in [1.165, 1.54) is 18.1 Å². The Morgan fingerprint density at radius 2 is 2.04 bits per heavy atom. The Bertz CT molecular complexity index is 1070. The molecule has 122 valence electrons. The van der Waals surface area contributed by atoms with Crippen molar-refractivity contribution in [3.05, 3.63) is 60.7 Å². The van der Waals surface area contributed by atoms with E-state index in [-0.39, 0.29) is 0 Å². The van der Waals surface area contributed by atoms with Crippen LogP contribution in [0.3, 0.4) is 0 Å². The van der Waals surface area contributed by atoms with Crippen LogP contribution in [0.5, 0.6) is 0 Å². The molecule has 0 aliphatic rings. The number of nitrogens with one attached hydrogen (secondary N) is 1. The number of para-hydroxylation sites is 1. The number of nitriles is 1. The summed E-state index contributed by atoms with van der Waals surface area (Å²) in [5, 5.41) is 18.4. The molecule has 0 amide bonds. The molecule has 0 saturated heterocycles. The lowest BCUT2D eigenvalue weighted by atomic mass is 10.2. The van der Waals surface area contributed by atoms with Gasteiger partial charge in [0.1, 0.15) is 6.07 Å². The summed E-state index contributed by atoms with van der Waals surface area (Å²) in [5.74, 6) is 0.666. The van der Waals surface area contributed by atoms with Crippen LogP contribution in [0.25, 0.3) is 16.7 Å². The van der Waals surface area contributed by atoms with Crippen molar-refractivity contribution in [2.45, 2.75) is 4.90 Å². The molecule has 0 bridgehead atoms. The lowest BCUT2D eigenvalue weighted by molar-refractivity contribution is 0.798. The van der Waals surface area contributed by atoms with Crippen LogP contribution in [0.1, 0.15) is 5.56 Å². The second kappa shape index (κ2) is 6.30. The van der Waals surface area contributed by atoms with Crippen molar-refractivity contribution >= 4 is 28.5 Å². The molecule has 0 saturated carbocycles. The Morgan fingerprint density at radius 1 is 1.12 bits per heavy atom. The fraction of sp³-hybridized carbons (Fsp3) is 0.0588. The third-order valence-corrected chi connectivity index (χ3v) is 4.51. The van der Waals surface area contributed by atoms with E-state index in [4.69, 9.17) is 5.26 Å². The maximum atomic E-state index is 8.86.